The van der Waals surface area contributed by atoms with Crippen LogP contribution in [0.1, 0.15) is 53.4 Å². The summed E-state index contributed by atoms with van der Waals surface area (Å²) in [5.41, 5.74) is 0.477. The minimum Gasteiger partial charge on any atom is -0.298 e. The third-order valence-electron chi connectivity index (χ3n) is 4.90. The number of nitrogens with zero attached hydrogens (tertiary/aromatic N) is 2. The minimum atomic E-state index is 0.477. The Bertz CT molecular complexity index is 249. The van der Waals surface area contributed by atoms with E-state index in [1.807, 2.05) is 0 Å². The molecule has 2 aliphatic rings. The maximum atomic E-state index is 2.75. The largest absolute Gasteiger partial charge is 0.298 e. The van der Waals surface area contributed by atoms with Crippen LogP contribution in [0.25, 0.3) is 0 Å². The number of piperidine rings is 1. The average molecular weight is 238 g/mol. The zero-order chi connectivity index (χ0) is 12.5. The van der Waals surface area contributed by atoms with Gasteiger partial charge in [0, 0.05) is 31.7 Å². The fraction of sp³-hybridized carbons (Fsp3) is 1.00. The molecule has 2 heterocycles. The number of piperazine rings is 1. The molecule has 2 heteroatoms. The maximum absolute atomic E-state index is 2.75. The predicted molar refractivity (Wildman–Crippen MR) is 74.3 cm³/mol. The zero-order valence-corrected chi connectivity index (χ0v) is 12.2. The van der Waals surface area contributed by atoms with Gasteiger partial charge in [-0.15, -0.1) is 0 Å². The lowest BCUT2D eigenvalue weighted by Gasteiger charge is -2.49. The van der Waals surface area contributed by atoms with Gasteiger partial charge >= 0.3 is 0 Å². The van der Waals surface area contributed by atoms with E-state index in [1.54, 1.807) is 0 Å². The lowest BCUT2D eigenvalue weighted by Crippen LogP contribution is -2.59. The van der Waals surface area contributed by atoms with Crippen LogP contribution in [0.5, 0.6) is 0 Å². The van der Waals surface area contributed by atoms with E-state index in [4.69, 9.17) is 0 Å². The Hall–Kier alpha value is -0.0800. The Labute approximate surface area is 107 Å². The van der Waals surface area contributed by atoms with Gasteiger partial charge in [-0.1, -0.05) is 27.2 Å². The molecule has 0 saturated carbocycles. The topological polar surface area (TPSA) is 6.48 Å². The highest BCUT2D eigenvalue weighted by Crippen LogP contribution is 2.28. The molecule has 0 radical (unpaired) electrons. The highest BCUT2D eigenvalue weighted by molar-refractivity contribution is 4.90. The Kier molecular flexibility index (Phi) is 4.14. The molecule has 2 unspecified atom stereocenters. The van der Waals surface area contributed by atoms with Crippen LogP contribution in [0.3, 0.4) is 0 Å². The number of hydrogen-bond acceptors (Lipinski definition) is 2. The predicted octanol–water partition coefficient (Wildman–Crippen LogP) is 2.98. The molecule has 0 bridgehead atoms. The second-order valence-corrected chi connectivity index (χ2v) is 6.94. The van der Waals surface area contributed by atoms with Crippen molar-refractivity contribution < 1.29 is 0 Å². The highest BCUT2D eigenvalue weighted by Gasteiger charge is 2.34. The van der Waals surface area contributed by atoms with Gasteiger partial charge in [0.15, 0.2) is 0 Å². The summed E-state index contributed by atoms with van der Waals surface area (Å²) in [5, 5.41) is 0. The Morgan fingerprint density at radius 1 is 1.18 bits per heavy atom. The maximum Gasteiger partial charge on any atom is 0.0223 e. The Morgan fingerprint density at radius 3 is 2.65 bits per heavy atom. The molecule has 2 nitrogen and oxygen atoms in total. The molecule has 0 aromatic rings. The standard InChI is InChI=1S/C15H30N2/c1-5-15(3,4)12-17-11-14-8-6-7-9-16(14)10-13(17)2/h13-14H,5-12H2,1-4H3. The van der Waals surface area contributed by atoms with E-state index in [0.29, 0.717) is 5.41 Å². The summed E-state index contributed by atoms with van der Waals surface area (Å²) in [4.78, 5) is 5.49. The first-order valence-electron chi connectivity index (χ1n) is 7.50. The smallest absolute Gasteiger partial charge is 0.0223 e. The molecule has 2 atom stereocenters. The van der Waals surface area contributed by atoms with Crippen LogP contribution in [-0.4, -0.2) is 48.1 Å². The van der Waals surface area contributed by atoms with Crippen molar-refractivity contribution in [1.82, 2.24) is 9.80 Å². The van der Waals surface area contributed by atoms with E-state index in [9.17, 15) is 0 Å². The summed E-state index contributed by atoms with van der Waals surface area (Å²) in [6.07, 6.45) is 5.57. The summed E-state index contributed by atoms with van der Waals surface area (Å²) in [7, 11) is 0. The molecule has 100 valence electrons. The summed E-state index contributed by atoms with van der Waals surface area (Å²) in [6, 6.07) is 1.60. The van der Waals surface area contributed by atoms with E-state index in [2.05, 4.69) is 37.5 Å². The average Bonchev–Trinajstić information content (AvgIpc) is 2.30. The monoisotopic (exact) mass is 238 g/mol. The van der Waals surface area contributed by atoms with Gasteiger partial charge < -0.3 is 0 Å². The van der Waals surface area contributed by atoms with Gasteiger partial charge in [0.1, 0.15) is 0 Å². The summed E-state index contributed by atoms with van der Waals surface area (Å²) in [6.45, 7) is 14.8. The van der Waals surface area contributed by atoms with Crippen LogP contribution in [-0.2, 0) is 0 Å². The van der Waals surface area contributed by atoms with Gasteiger partial charge in [-0.25, -0.2) is 0 Å². The van der Waals surface area contributed by atoms with Crippen LogP contribution in [0, 0.1) is 5.41 Å². The SMILES string of the molecule is CCC(C)(C)CN1CC2CCCCN2CC1C. The first kappa shape index (κ1) is 13.4. The van der Waals surface area contributed by atoms with Crippen LogP contribution >= 0.6 is 0 Å². The highest BCUT2D eigenvalue weighted by atomic mass is 15.3. The first-order valence-corrected chi connectivity index (χ1v) is 7.50. The van der Waals surface area contributed by atoms with Crippen molar-refractivity contribution in [3.05, 3.63) is 0 Å². The molecule has 2 rings (SSSR count). The van der Waals surface area contributed by atoms with Crippen LogP contribution in [0.15, 0.2) is 0 Å². The molecule has 2 saturated heterocycles. The number of fused-ring (bicyclic) bond motifs is 1. The van der Waals surface area contributed by atoms with Crippen molar-refractivity contribution in [2.75, 3.05) is 26.2 Å². The van der Waals surface area contributed by atoms with E-state index >= 15 is 0 Å². The van der Waals surface area contributed by atoms with Gasteiger partial charge in [0.25, 0.3) is 0 Å². The van der Waals surface area contributed by atoms with Crippen molar-refractivity contribution >= 4 is 0 Å². The molecule has 0 spiro atoms. The van der Waals surface area contributed by atoms with Crippen molar-refractivity contribution in [2.45, 2.75) is 65.5 Å². The van der Waals surface area contributed by atoms with Gasteiger partial charge in [-0.05, 0) is 38.1 Å². The summed E-state index contributed by atoms with van der Waals surface area (Å²) in [5.74, 6) is 0. The van der Waals surface area contributed by atoms with Crippen molar-refractivity contribution in [3.8, 4) is 0 Å². The van der Waals surface area contributed by atoms with Gasteiger partial charge in [-0.2, -0.15) is 0 Å². The molecule has 0 amide bonds. The molecule has 0 aromatic heterocycles. The summed E-state index contributed by atoms with van der Waals surface area (Å²) < 4.78 is 0. The molecule has 17 heavy (non-hydrogen) atoms. The van der Waals surface area contributed by atoms with Crippen LogP contribution < -0.4 is 0 Å². The number of rotatable bonds is 3. The number of hydrogen-bond donors (Lipinski definition) is 0. The Morgan fingerprint density at radius 2 is 1.94 bits per heavy atom. The fourth-order valence-electron chi connectivity index (χ4n) is 3.29. The minimum absolute atomic E-state index is 0.477. The van der Waals surface area contributed by atoms with Crippen molar-refractivity contribution in [2.24, 2.45) is 5.41 Å². The molecule has 2 fully saturated rings. The third kappa shape index (κ3) is 3.23. The molecular formula is C15H30N2. The zero-order valence-electron chi connectivity index (χ0n) is 12.2. The lowest BCUT2D eigenvalue weighted by atomic mass is 9.87. The molecule has 0 N–H and O–H groups in total. The molecule has 0 aromatic carbocycles. The second-order valence-electron chi connectivity index (χ2n) is 6.94. The fourth-order valence-corrected chi connectivity index (χ4v) is 3.29. The van der Waals surface area contributed by atoms with E-state index in [0.717, 1.165) is 12.1 Å². The first-order chi connectivity index (χ1) is 8.02. The van der Waals surface area contributed by atoms with E-state index < -0.39 is 0 Å². The normalized spacial score (nSPS) is 32.5. The second kappa shape index (κ2) is 5.27. The summed E-state index contributed by atoms with van der Waals surface area (Å²) >= 11 is 0. The van der Waals surface area contributed by atoms with Crippen LogP contribution in [0.2, 0.25) is 0 Å². The van der Waals surface area contributed by atoms with Gasteiger partial charge in [-0.3, -0.25) is 9.80 Å². The van der Waals surface area contributed by atoms with Crippen LogP contribution in [0.4, 0.5) is 0 Å². The van der Waals surface area contributed by atoms with E-state index in [-0.39, 0.29) is 0 Å². The molecule has 2 aliphatic heterocycles. The molecular weight excluding hydrogens is 208 g/mol. The van der Waals surface area contributed by atoms with Gasteiger partial charge in [0.2, 0.25) is 0 Å². The van der Waals surface area contributed by atoms with E-state index in [1.165, 1.54) is 51.9 Å². The molecule has 0 aliphatic carbocycles. The quantitative estimate of drug-likeness (QED) is 0.746. The van der Waals surface area contributed by atoms with Crippen molar-refractivity contribution in [1.29, 1.82) is 0 Å². The Balaban J connectivity index is 1.95. The third-order valence-corrected chi connectivity index (χ3v) is 4.90. The van der Waals surface area contributed by atoms with Gasteiger partial charge in [0.05, 0.1) is 0 Å². The van der Waals surface area contributed by atoms with Crippen molar-refractivity contribution in [3.63, 3.8) is 0 Å². The lowest BCUT2D eigenvalue weighted by molar-refractivity contribution is -0.00245.